The van der Waals surface area contributed by atoms with Gasteiger partial charge in [-0.15, -0.1) is 0 Å². The fourth-order valence-electron chi connectivity index (χ4n) is 3.46. The molecular formula is C15H28N2O. The Bertz CT molecular complexity index is 289. The highest BCUT2D eigenvalue weighted by molar-refractivity contribution is 5.86. The predicted octanol–water partition coefficient (Wildman–Crippen LogP) is 2.73. The zero-order valence-electron chi connectivity index (χ0n) is 11.8. The molecule has 1 amide bonds. The molecule has 0 aliphatic heterocycles. The van der Waals surface area contributed by atoms with Gasteiger partial charge in [0.2, 0.25) is 5.91 Å². The van der Waals surface area contributed by atoms with Gasteiger partial charge in [-0.3, -0.25) is 4.79 Å². The minimum Gasteiger partial charge on any atom is -0.354 e. The van der Waals surface area contributed by atoms with Crippen LogP contribution in [0, 0.1) is 5.41 Å². The first-order chi connectivity index (χ1) is 8.54. The molecule has 2 fully saturated rings. The van der Waals surface area contributed by atoms with Crippen LogP contribution in [0.15, 0.2) is 0 Å². The largest absolute Gasteiger partial charge is 0.354 e. The minimum atomic E-state index is -0.580. The summed E-state index contributed by atoms with van der Waals surface area (Å²) < 4.78 is 0. The summed E-state index contributed by atoms with van der Waals surface area (Å²) >= 11 is 0. The van der Waals surface area contributed by atoms with Gasteiger partial charge in [-0.2, -0.15) is 0 Å². The van der Waals surface area contributed by atoms with E-state index in [2.05, 4.69) is 12.2 Å². The Morgan fingerprint density at radius 3 is 2.06 bits per heavy atom. The molecule has 0 bridgehead atoms. The van der Waals surface area contributed by atoms with E-state index < -0.39 is 5.54 Å². The fourth-order valence-corrected chi connectivity index (χ4v) is 3.46. The number of nitrogens with one attached hydrogen (secondary N) is 1. The molecule has 2 rings (SSSR count). The van der Waals surface area contributed by atoms with Gasteiger partial charge in [-0.1, -0.05) is 45.4 Å². The Labute approximate surface area is 111 Å². The highest BCUT2D eigenvalue weighted by Gasteiger charge is 2.36. The molecule has 2 aliphatic carbocycles. The van der Waals surface area contributed by atoms with Crippen molar-refractivity contribution < 1.29 is 4.79 Å². The normalized spacial score (nSPS) is 26.6. The van der Waals surface area contributed by atoms with Crippen molar-refractivity contribution in [1.29, 1.82) is 0 Å². The summed E-state index contributed by atoms with van der Waals surface area (Å²) in [5.74, 6) is 0.0917. The first-order valence-corrected chi connectivity index (χ1v) is 7.61. The van der Waals surface area contributed by atoms with Crippen molar-refractivity contribution in [3.63, 3.8) is 0 Å². The standard InChI is InChI=1S/C15H28N2O/c1-14(8-4-2-5-9-14)12-17-13(18)15(16)10-6-3-7-11-15/h2-12,16H2,1H3,(H,17,18). The van der Waals surface area contributed by atoms with Crippen molar-refractivity contribution >= 4 is 5.91 Å². The third-order valence-electron chi connectivity index (χ3n) is 4.93. The number of rotatable bonds is 3. The molecular weight excluding hydrogens is 224 g/mol. The molecule has 2 saturated carbocycles. The number of hydrogen-bond donors (Lipinski definition) is 2. The maximum absolute atomic E-state index is 12.3. The molecule has 0 spiro atoms. The zero-order valence-corrected chi connectivity index (χ0v) is 11.8. The maximum atomic E-state index is 12.3. The monoisotopic (exact) mass is 252 g/mol. The maximum Gasteiger partial charge on any atom is 0.240 e. The van der Waals surface area contributed by atoms with E-state index in [1.54, 1.807) is 0 Å². The van der Waals surface area contributed by atoms with Crippen LogP contribution in [0.1, 0.15) is 71.1 Å². The van der Waals surface area contributed by atoms with Crippen molar-refractivity contribution in [2.24, 2.45) is 11.1 Å². The SMILES string of the molecule is CC1(CNC(=O)C2(N)CCCCC2)CCCCC1. The van der Waals surface area contributed by atoms with Crippen LogP contribution in [0.25, 0.3) is 0 Å². The quantitative estimate of drug-likeness (QED) is 0.811. The van der Waals surface area contributed by atoms with Crippen LogP contribution in [0.5, 0.6) is 0 Å². The topological polar surface area (TPSA) is 55.1 Å². The Balaban J connectivity index is 1.83. The molecule has 0 unspecified atom stereocenters. The second-order valence-corrected chi connectivity index (χ2v) is 6.77. The van der Waals surface area contributed by atoms with Crippen LogP contribution < -0.4 is 11.1 Å². The minimum absolute atomic E-state index is 0.0917. The zero-order chi connectivity index (χ0) is 13.1. The number of amides is 1. The molecule has 0 heterocycles. The molecule has 18 heavy (non-hydrogen) atoms. The highest BCUT2D eigenvalue weighted by Crippen LogP contribution is 2.35. The Morgan fingerprint density at radius 1 is 1.00 bits per heavy atom. The summed E-state index contributed by atoms with van der Waals surface area (Å²) in [6, 6.07) is 0. The summed E-state index contributed by atoms with van der Waals surface area (Å²) in [6.45, 7) is 3.11. The average molecular weight is 252 g/mol. The molecule has 3 nitrogen and oxygen atoms in total. The van der Waals surface area contributed by atoms with E-state index >= 15 is 0 Å². The van der Waals surface area contributed by atoms with Gasteiger partial charge in [0.1, 0.15) is 0 Å². The van der Waals surface area contributed by atoms with Crippen molar-refractivity contribution in [3.05, 3.63) is 0 Å². The van der Waals surface area contributed by atoms with Gasteiger partial charge >= 0.3 is 0 Å². The van der Waals surface area contributed by atoms with Gasteiger partial charge < -0.3 is 11.1 Å². The summed E-state index contributed by atoms with van der Waals surface area (Å²) in [7, 11) is 0. The number of nitrogens with two attached hydrogens (primary N) is 1. The molecule has 0 aromatic heterocycles. The fraction of sp³-hybridized carbons (Fsp3) is 0.933. The third-order valence-corrected chi connectivity index (χ3v) is 4.93. The molecule has 3 N–H and O–H groups in total. The second kappa shape index (κ2) is 5.60. The molecule has 0 aromatic rings. The highest BCUT2D eigenvalue weighted by atomic mass is 16.2. The van der Waals surface area contributed by atoms with Crippen molar-refractivity contribution in [3.8, 4) is 0 Å². The molecule has 0 radical (unpaired) electrons. The van der Waals surface area contributed by atoms with Gasteiger partial charge in [0.25, 0.3) is 0 Å². The Kier molecular flexibility index (Phi) is 4.31. The van der Waals surface area contributed by atoms with E-state index in [1.807, 2.05) is 0 Å². The molecule has 3 heteroatoms. The van der Waals surface area contributed by atoms with E-state index in [1.165, 1.54) is 38.5 Å². The van der Waals surface area contributed by atoms with E-state index in [0.717, 1.165) is 32.2 Å². The van der Waals surface area contributed by atoms with Gasteiger partial charge in [-0.25, -0.2) is 0 Å². The smallest absolute Gasteiger partial charge is 0.240 e. The lowest BCUT2D eigenvalue weighted by molar-refractivity contribution is -0.128. The second-order valence-electron chi connectivity index (χ2n) is 6.77. The molecule has 0 atom stereocenters. The van der Waals surface area contributed by atoms with Crippen LogP contribution in [-0.2, 0) is 4.79 Å². The Hall–Kier alpha value is -0.570. The Morgan fingerprint density at radius 2 is 1.50 bits per heavy atom. The first kappa shape index (κ1) is 13.9. The summed E-state index contributed by atoms with van der Waals surface area (Å²) in [5, 5.41) is 3.14. The average Bonchev–Trinajstić information content (AvgIpc) is 2.38. The van der Waals surface area contributed by atoms with Crippen LogP contribution in [0.4, 0.5) is 0 Å². The summed E-state index contributed by atoms with van der Waals surface area (Å²) in [4.78, 5) is 12.3. The molecule has 2 aliphatic rings. The van der Waals surface area contributed by atoms with E-state index in [9.17, 15) is 4.79 Å². The van der Waals surface area contributed by atoms with Gasteiger partial charge in [0, 0.05) is 6.54 Å². The van der Waals surface area contributed by atoms with Gasteiger partial charge in [0.05, 0.1) is 5.54 Å². The van der Waals surface area contributed by atoms with Crippen LogP contribution in [0.2, 0.25) is 0 Å². The lowest BCUT2D eigenvalue weighted by atomic mass is 9.75. The van der Waals surface area contributed by atoms with Crippen molar-refractivity contribution in [2.45, 2.75) is 76.7 Å². The van der Waals surface area contributed by atoms with E-state index in [0.29, 0.717) is 5.41 Å². The van der Waals surface area contributed by atoms with Gasteiger partial charge in [-0.05, 0) is 31.1 Å². The summed E-state index contributed by atoms with van der Waals surface area (Å²) in [6.07, 6.45) is 11.6. The van der Waals surface area contributed by atoms with E-state index in [4.69, 9.17) is 5.73 Å². The first-order valence-electron chi connectivity index (χ1n) is 7.61. The number of carbonyl (C=O) groups is 1. The number of carbonyl (C=O) groups excluding carboxylic acids is 1. The van der Waals surface area contributed by atoms with Gasteiger partial charge in [0.15, 0.2) is 0 Å². The lowest BCUT2D eigenvalue weighted by Gasteiger charge is -2.36. The lowest BCUT2D eigenvalue weighted by Crippen LogP contribution is -2.56. The van der Waals surface area contributed by atoms with Crippen molar-refractivity contribution in [1.82, 2.24) is 5.32 Å². The molecule has 104 valence electrons. The molecule has 0 saturated heterocycles. The number of hydrogen-bond acceptors (Lipinski definition) is 2. The van der Waals surface area contributed by atoms with Crippen LogP contribution in [-0.4, -0.2) is 18.0 Å². The van der Waals surface area contributed by atoms with Crippen LogP contribution >= 0.6 is 0 Å². The van der Waals surface area contributed by atoms with Crippen molar-refractivity contribution in [2.75, 3.05) is 6.54 Å². The van der Waals surface area contributed by atoms with Crippen LogP contribution in [0.3, 0.4) is 0 Å². The molecule has 0 aromatic carbocycles. The predicted molar refractivity (Wildman–Crippen MR) is 74.2 cm³/mol. The summed E-state index contributed by atoms with van der Waals surface area (Å²) in [5.41, 5.74) is 5.97. The van der Waals surface area contributed by atoms with E-state index in [-0.39, 0.29) is 5.91 Å². The third kappa shape index (κ3) is 3.25.